The second-order valence-electron chi connectivity index (χ2n) is 5.50. The van der Waals surface area contributed by atoms with Gasteiger partial charge in [-0.2, -0.15) is 0 Å². The molecule has 0 aliphatic carbocycles. The highest BCUT2D eigenvalue weighted by Gasteiger charge is 2.09. The van der Waals surface area contributed by atoms with Gasteiger partial charge >= 0.3 is 0 Å². The molecule has 0 unspecified atom stereocenters. The Morgan fingerprint density at radius 2 is 2.17 bits per heavy atom. The Kier molecular flexibility index (Phi) is 7.85. The number of benzene rings is 1. The molecule has 1 aromatic heterocycles. The third-order valence-corrected chi connectivity index (χ3v) is 4.34. The Labute approximate surface area is 146 Å². The number of ether oxygens (including phenoxy) is 1. The van der Waals surface area contributed by atoms with Gasteiger partial charge in [0.05, 0.1) is 12.1 Å². The van der Waals surface area contributed by atoms with Gasteiger partial charge in [0.25, 0.3) is 0 Å². The first-order valence-corrected chi connectivity index (χ1v) is 9.11. The third-order valence-electron chi connectivity index (χ3n) is 3.39. The van der Waals surface area contributed by atoms with E-state index in [1.807, 2.05) is 11.4 Å². The van der Waals surface area contributed by atoms with Crippen LogP contribution in [0.1, 0.15) is 31.9 Å². The number of hydrogen-bond donors (Lipinski definition) is 1. The molecule has 1 aromatic carbocycles. The summed E-state index contributed by atoms with van der Waals surface area (Å²) in [6, 6.07) is 6.31. The molecule has 0 fully saturated rings. The van der Waals surface area contributed by atoms with E-state index in [-0.39, 0.29) is 18.1 Å². The smallest absolute Gasteiger partial charge is 0.226 e. The molecule has 6 heteroatoms. The summed E-state index contributed by atoms with van der Waals surface area (Å²) in [7, 11) is 0. The normalized spacial score (nSPS) is 10.8. The van der Waals surface area contributed by atoms with Gasteiger partial charge in [0.1, 0.15) is 10.8 Å². The van der Waals surface area contributed by atoms with Crippen LogP contribution >= 0.6 is 11.3 Å². The summed E-state index contributed by atoms with van der Waals surface area (Å²) in [5, 5.41) is 5.43. The van der Waals surface area contributed by atoms with Gasteiger partial charge in [-0.1, -0.05) is 25.5 Å². The standard InChI is InChI=1S/C18H23FN2O2S/c1-2-3-9-23-10-5-8-20-17(22)12-16-13-24-18(21-16)14-6-4-7-15(19)11-14/h4,6-7,11,13H,2-3,5,8-10,12H2,1H3,(H,20,22). The van der Waals surface area contributed by atoms with Crippen LogP contribution in [-0.2, 0) is 16.0 Å². The summed E-state index contributed by atoms with van der Waals surface area (Å²) < 4.78 is 18.7. The van der Waals surface area contributed by atoms with Crippen LogP contribution in [0.5, 0.6) is 0 Å². The quantitative estimate of drug-likeness (QED) is 0.663. The average Bonchev–Trinajstić information content (AvgIpc) is 3.02. The van der Waals surface area contributed by atoms with Crippen molar-refractivity contribution in [3.8, 4) is 10.6 Å². The fourth-order valence-corrected chi connectivity index (χ4v) is 2.94. The fraction of sp³-hybridized carbons (Fsp3) is 0.444. The molecular weight excluding hydrogens is 327 g/mol. The predicted molar refractivity (Wildman–Crippen MR) is 94.6 cm³/mol. The maximum Gasteiger partial charge on any atom is 0.226 e. The molecule has 2 rings (SSSR count). The van der Waals surface area contributed by atoms with E-state index in [4.69, 9.17) is 4.74 Å². The summed E-state index contributed by atoms with van der Waals surface area (Å²) in [4.78, 5) is 16.3. The van der Waals surface area contributed by atoms with E-state index >= 15 is 0 Å². The highest BCUT2D eigenvalue weighted by molar-refractivity contribution is 7.13. The third kappa shape index (κ3) is 6.37. The van der Waals surface area contributed by atoms with Crippen molar-refractivity contribution in [3.63, 3.8) is 0 Å². The van der Waals surface area contributed by atoms with Crippen molar-refractivity contribution in [2.24, 2.45) is 0 Å². The predicted octanol–water partition coefficient (Wildman–Crippen LogP) is 3.81. The molecule has 1 amide bonds. The molecule has 1 heterocycles. The van der Waals surface area contributed by atoms with Gasteiger partial charge in [0.2, 0.25) is 5.91 Å². The molecule has 0 saturated heterocycles. The number of amides is 1. The molecule has 0 bridgehead atoms. The highest BCUT2D eigenvalue weighted by atomic mass is 32.1. The molecule has 0 atom stereocenters. The first kappa shape index (κ1) is 18.5. The van der Waals surface area contributed by atoms with Crippen LogP contribution in [0.3, 0.4) is 0 Å². The molecular formula is C18H23FN2O2S. The molecule has 2 aromatic rings. The largest absolute Gasteiger partial charge is 0.381 e. The molecule has 0 aliphatic rings. The lowest BCUT2D eigenvalue weighted by Gasteiger charge is -2.05. The zero-order valence-corrected chi connectivity index (χ0v) is 14.7. The second kappa shape index (κ2) is 10.2. The van der Waals surface area contributed by atoms with Crippen molar-refractivity contribution in [2.75, 3.05) is 19.8 Å². The zero-order valence-electron chi connectivity index (χ0n) is 13.9. The minimum atomic E-state index is -0.289. The van der Waals surface area contributed by atoms with Gasteiger partial charge < -0.3 is 10.1 Å². The monoisotopic (exact) mass is 350 g/mol. The lowest BCUT2D eigenvalue weighted by Crippen LogP contribution is -2.27. The summed E-state index contributed by atoms with van der Waals surface area (Å²) >= 11 is 1.42. The number of halogens is 1. The van der Waals surface area contributed by atoms with E-state index < -0.39 is 0 Å². The summed E-state index contributed by atoms with van der Waals surface area (Å²) in [5.41, 5.74) is 1.44. The molecule has 1 N–H and O–H groups in total. The summed E-state index contributed by atoms with van der Waals surface area (Å²) in [5.74, 6) is -0.345. The maximum absolute atomic E-state index is 13.2. The van der Waals surface area contributed by atoms with Crippen LogP contribution in [-0.4, -0.2) is 30.6 Å². The fourth-order valence-electron chi connectivity index (χ4n) is 2.12. The Hall–Kier alpha value is -1.79. The van der Waals surface area contributed by atoms with Crippen molar-refractivity contribution in [3.05, 3.63) is 41.2 Å². The van der Waals surface area contributed by atoms with E-state index in [2.05, 4.69) is 17.2 Å². The average molecular weight is 350 g/mol. The molecule has 0 spiro atoms. The van der Waals surface area contributed by atoms with E-state index in [0.29, 0.717) is 18.8 Å². The van der Waals surface area contributed by atoms with E-state index in [0.717, 1.165) is 36.4 Å². The molecule has 24 heavy (non-hydrogen) atoms. The maximum atomic E-state index is 13.2. The molecule has 0 radical (unpaired) electrons. The number of nitrogens with one attached hydrogen (secondary N) is 1. The number of hydrogen-bond acceptors (Lipinski definition) is 4. The lowest BCUT2D eigenvalue weighted by atomic mass is 10.2. The van der Waals surface area contributed by atoms with E-state index in [1.54, 1.807) is 6.07 Å². The van der Waals surface area contributed by atoms with Crippen molar-refractivity contribution in [1.29, 1.82) is 0 Å². The Bertz CT molecular complexity index is 645. The molecule has 0 saturated carbocycles. The Balaban J connectivity index is 1.71. The topological polar surface area (TPSA) is 51.2 Å². The number of nitrogens with zero attached hydrogens (tertiary/aromatic N) is 1. The van der Waals surface area contributed by atoms with E-state index in [9.17, 15) is 9.18 Å². The van der Waals surface area contributed by atoms with Crippen molar-refractivity contribution in [2.45, 2.75) is 32.6 Å². The van der Waals surface area contributed by atoms with Crippen molar-refractivity contribution >= 4 is 17.2 Å². The Morgan fingerprint density at radius 3 is 2.96 bits per heavy atom. The minimum absolute atomic E-state index is 0.0559. The number of aromatic nitrogens is 1. The lowest BCUT2D eigenvalue weighted by molar-refractivity contribution is -0.120. The first-order valence-electron chi connectivity index (χ1n) is 8.24. The first-order chi connectivity index (χ1) is 11.7. The Morgan fingerprint density at radius 1 is 1.33 bits per heavy atom. The number of carbonyl (C=O) groups excluding carboxylic acids is 1. The van der Waals surface area contributed by atoms with Crippen LogP contribution in [0.4, 0.5) is 4.39 Å². The molecule has 4 nitrogen and oxygen atoms in total. The molecule has 0 aliphatic heterocycles. The van der Waals surface area contributed by atoms with Gasteiger partial charge in [0.15, 0.2) is 0 Å². The van der Waals surface area contributed by atoms with Crippen LogP contribution in [0, 0.1) is 5.82 Å². The zero-order chi connectivity index (χ0) is 17.2. The minimum Gasteiger partial charge on any atom is -0.381 e. The number of unbranched alkanes of at least 4 members (excludes halogenated alkanes) is 1. The van der Waals surface area contributed by atoms with Gasteiger partial charge in [-0.3, -0.25) is 4.79 Å². The van der Waals surface area contributed by atoms with Crippen LogP contribution in [0.2, 0.25) is 0 Å². The SMILES string of the molecule is CCCCOCCCNC(=O)Cc1csc(-c2cccc(F)c2)n1. The number of thiazole rings is 1. The van der Waals surface area contributed by atoms with Crippen LogP contribution in [0.15, 0.2) is 29.6 Å². The van der Waals surface area contributed by atoms with Gasteiger partial charge in [-0.25, -0.2) is 9.37 Å². The molecule has 130 valence electrons. The van der Waals surface area contributed by atoms with E-state index in [1.165, 1.54) is 23.5 Å². The number of rotatable bonds is 10. The number of carbonyl (C=O) groups is 1. The van der Waals surface area contributed by atoms with Gasteiger partial charge in [0, 0.05) is 30.7 Å². The van der Waals surface area contributed by atoms with Crippen molar-refractivity contribution in [1.82, 2.24) is 10.3 Å². The second-order valence-corrected chi connectivity index (χ2v) is 6.36. The van der Waals surface area contributed by atoms with Crippen LogP contribution in [0.25, 0.3) is 10.6 Å². The highest BCUT2D eigenvalue weighted by Crippen LogP contribution is 2.24. The van der Waals surface area contributed by atoms with Crippen molar-refractivity contribution < 1.29 is 13.9 Å². The van der Waals surface area contributed by atoms with Gasteiger partial charge in [-0.05, 0) is 25.0 Å². The summed E-state index contributed by atoms with van der Waals surface area (Å²) in [6.45, 7) is 4.18. The van der Waals surface area contributed by atoms with Crippen LogP contribution < -0.4 is 5.32 Å². The summed E-state index contributed by atoms with van der Waals surface area (Å²) in [6.07, 6.45) is 3.25. The van der Waals surface area contributed by atoms with Gasteiger partial charge in [-0.15, -0.1) is 11.3 Å².